The Hall–Kier alpha value is -1.23. The first-order valence-electron chi connectivity index (χ1n) is 4.04. The van der Waals surface area contributed by atoms with Crippen LogP contribution in [-0.4, -0.2) is 0 Å². The van der Waals surface area contributed by atoms with Crippen molar-refractivity contribution in [2.45, 2.75) is 6.04 Å². The second kappa shape index (κ2) is 3.88. The van der Waals surface area contributed by atoms with Gasteiger partial charge >= 0.3 is 0 Å². The Morgan fingerprint density at radius 3 is 2.71 bits per heavy atom. The maximum Gasteiger partial charge on any atom is 0.198 e. The zero-order chi connectivity index (χ0) is 9.97. The van der Waals surface area contributed by atoms with Gasteiger partial charge in [-0.15, -0.1) is 0 Å². The van der Waals surface area contributed by atoms with Gasteiger partial charge in [-0.05, 0) is 23.7 Å². The number of hydrazine groups is 1. The van der Waals surface area contributed by atoms with E-state index in [-0.39, 0.29) is 6.04 Å². The van der Waals surface area contributed by atoms with Crippen molar-refractivity contribution in [2.75, 3.05) is 0 Å². The van der Waals surface area contributed by atoms with Crippen molar-refractivity contribution in [3.8, 4) is 0 Å². The van der Waals surface area contributed by atoms with E-state index in [1.165, 1.54) is 6.26 Å². The van der Waals surface area contributed by atoms with Crippen LogP contribution in [0.2, 0.25) is 5.22 Å². The second-order valence-corrected chi connectivity index (χ2v) is 3.15. The van der Waals surface area contributed by atoms with Gasteiger partial charge in [0.1, 0.15) is 0 Å². The van der Waals surface area contributed by atoms with Crippen LogP contribution >= 0.6 is 11.6 Å². The molecule has 0 saturated carbocycles. The molecule has 0 bridgehead atoms. The Morgan fingerprint density at radius 2 is 2.21 bits per heavy atom. The van der Waals surface area contributed by atoms with Crippen LogP contribution in [0.25, 0.3) is 0 Å². The van der Waals surface area contributed by atoms with Crippen LogP contribution in [0.3, 0.4) is 0 Å². The van der Waals surface area contributed by atoms with Gasteiger partial charge in [-0.2, -0.15) is 0 Å². The third kappa shape index (κ3) is 1.55. The summed E-state index contributed by atoms with van der Waals surface area (Å²) in [6, 6.07) is 3.37. The lowest BCUT2D eigenvalue weighted by molar-refractivity contribution is 0.544. The summed E-state index contributed by atoms with van der Waals surface area (Å²) in [5.74, 6) is 5.43. The van der Waals surface area contributed by atoms with Crippen LogP contribution in [0.5, 0.6) is 0 Å². The fraction of sp³-hybridized carbons (Fsp3) is 0.111. The van der Waals surface area contributed by atoms with Crippen molar-refractivity contribution < 1.29 is 8.83 Å². The molecule has 0 radical (unpaired) electrons. The van der Waals surface area contributed by atoms with Gasteiger partial charge in [0.05, 0.1) is 24.8 Å². The lowest BCUT2D eigenvalue weighted by atomic mass is 10.1. The van der Waals surface area contributed by atoms with Gasteiger partial charge in [0, 0.05) is 11.1 Å². The highest BCUT2D eigenvalue weighted by Crippen LogP contribution is 2.28. The van der Waals surface area contributed by atoms with Crippen LogP contribution in [0.15, 0.2) is 39.8 Å². The molecule has 2 aromatic rings. The smallest absolute Gasteiger partial charge is 0.198 e. The van der Waals surface area contributed by atoms with Gasteiger partial charge in [0.15, 0.2) is 5.22 Å². The fourth-order valence-corrected chi connectivity index (χ4v) is 1.54. The zero-order valence-electron chi connectivity index (χ0n) is 7.24. The first-order valence-corrected chi connectivity index (χ1v) is 4.42. The molecule has 4 nitrogen and oxygen atoms in total. The topological polar surface area (TPSA) is 64.3 Å². The molecule has 0 aliphatic heterocycles. The van der Waals surface area contributed by atoms with Gasteiger partial charge in [-0.3, -0.25) is 5.84 Å². The Kier molecular flexibility index (Phi) is 2.58. The molecule has 3 N–H and O–H groups in total. The average Bonchev–Trinajstić information content (AvgIpc) is 2.80. The lowest BCUT2D eigenvalue weighted by Gasteiger charge is -2.11. The molecule has 2 aromatic heterocycles. The maximum atomic E-state index is 5.84. The van der Waals surface area contributed by atoms with Crippen LogP contribution in [0, 0.1) is 0 Å². The number of rotatable bonds is 3. The monoisotopic (exact) mass is 212 g/mol. The first kappa shape index (κ1) is 9.33. The number of hydrogen-bond donors (Lipinski definition) is 2. The first-order chi connectivity index (χ1) is 6.83. The summed E-state index contributed by atoms with van der Waals surface area (Å²) in [5.41, 5.74) is 4.33. The Labute approximate surface area is 85.6 Å². The van der Waals surface area contributed by atoms with Crippen molar-refractivity contribution in [1.82, 2.24) is 5.43 Å². The van der Waals surface area contributed by atoms with Crippen LogP contribution < -0.4 is 11.3 Å². The van der Waals surface area contributed by atoms with E-state index >= 15 is 0 Å². The quantitative estimate of drug-likeness (QED) is 0.604. The van der Waals surface area contributed by atoms with Crippen molar-refractivity contribution in [3.63, 3.8) is 0 Å². The molecule has 14 heavy (non-hydrogen) atoms. The summed E-state index contributed by atoms with van der Waals surface area (Å²) in [6.07, 6.45) is 4.70. The summed E-state index contributed by atoms with van der Waals surface area (Å²) in [4.78, 5) is 0. The highest BCUT2D eigenvalue weighted by molar-refractivity contribution is 6.29. The molecule has 0 fully saturated rings. The summed E-state index contributed by atoms with van der Waals surface area (Å²) >= 11 is 5.84. The van der Waals surface area contributed by atoms with E-state index in [2.05, 4.69) is 5.43 Å². The Morgan fingerprint density at radius 1 is 1.36 bits per heavy atom. The number of nitrogens with one attached hydrogen (secondary N) is 1. The van der Waals surface area contributed by atoms with Gasteiger partial charge in [0.2, 0.25) is 0 Å². The molecule has 74 valence electrons. The van der Waals surface area contributed by atoms with E-state index in [1.807, 2.05) is 6.07 Å². The average molecular weight is 213 g/mol. The van der Waals surface area contributed by atoms with Crippen molar-refractivity contribution >= 4 is 11.6 Å². The van der Waals surface area contributed by atoms with Gasteiger partial charge < -0.3 is 8.83 Å². The standard InChI is InChI=1S/C9H9ClN2O2/c10-9-7(2-4-14-9)8(12-11)6-1-3-13-5-6/h1-5,8,12H,11H2. The molecular weight excluding hydrogens is 204 g/mol. The molecule has 1 unspecified atom stereocenters. The normalized spacial score (nSPS) is 13.0. The van der Waals surface area contributed by atoms with E-state index in [0.717, 1.165) is 11.1 Å². The highest BCUT2D eigenvalue weighted by Gasteiger charge is 2.18. The zero-order valence-corrected chi connectivity index (χ0v) is 7.99. The van der Waals surface area contributed by atoms with Crippen LogP contribution in [0.4, 0.5) is 0 Å². The molecule has 0 amide bonds. The molecule has 0 aliphatic carbocycles. The Bertz CT molecular complexity index is 397. The molecular formula is C9H9ClN2O2. The third-order valence-corrected chi connectivity index (χ3v) is 2.31. The van der Waals surface area contributed by atoms with Crippen LogP contribution in [0.1, 0.15) is 17.2 Å². The molecule has 1 atom stereocenters. The molecule has 2 rings (SSSR count). The molecule has 0 spiro atoms. The van der Waals surface area contributed by atoms with Crippen LogP contribution in [-0.2, 0) is 0 Å². The molecule has 0 aromatic carbocycles. The summed E-state index contributed by atoms with van der Waals surface area (Å²) < 4.78 is 9.95. The highest BCUT2D eigenvalue weighted by atomic mass is 35.5. The van der Waals surface area contributed by atoms with E-state index in [1.54, 1.807) is 18.6 Å². The maximum absolute atomic E-state index is 5.84. The van der Waals surface area contributed by atoms with Gasteiger partial charge in [-0.25, -0.2) is 5.43 Å². The molecule has 0 saturated heterocycles. The second-order valence-electron chi connectivity index (χ2n) is 2.81. The predicted molar refractivity (Wildman–Crippen MR) is 51.6 cm³/mol. The summed E-state index contributed by atoms with van der Waals surface area (Å²) in [7, 11) is 0. The SMILES string of the molecule is NNC(c1ccoc1)c1ccoc1Cl. The third-order valence-electron chi connectivity index (χ3n) is 2.00. The van der Waals surface area contributed by atoms with Crippen molar-refractivity contribution in [3.05, 3.63) is 47.3 Å². The molecule has 2 heterocycles. The molecule has 0 aliphatic rings. The Balaban J connectivity index is 2.36. The summed E-state index contributed by atoms with van der Waals surface area (Å²) in [6.45, 7) is 0. The van der Waals surface area contributed by atoms with Crippen molar-refractivity contribution in [2.24, 2.45) is 5.84 Å². The molecule has 5 heteroatoms. The lowest BCUT2D eigenvalue weighted by Crippen LogP contribution is -2.28. The largest absolute Gasteiger partial charge is 0.472 e. The number of nitrogens with two attached hydrogens (primary N) is 1. The van der Waals surface area contributed by atoms with Crippen molar-refractivity contribution in [1.29, 1.82) is 0 Å². The minimum atomic E-state index is -0.208. The fourth-order valence-electron chi connectivity index (χ4n) is 1.32. The number of hydrogen-bond acceptors (Lipinski definition) is 4. The minimum Gasteiger partial charge on any atom is -0.472 e. The van der Waals surface area contributed by atoms with Gasteiger partial charge in [0.25, 0.3) is 0 Å². The number of furan rings is 2. The van der Waals surface area contributed by atoms with E-state index in [4.69, 9.17) is 26.3 Å². The minimum absolute atomic E-state index is 0.208. The van der Waals surface area contributed by atoms with E-state index in [9.17, 15) is 0 Å². The number of halogens is 1. The predicted octanol–water partition coefficient (Wildman–Crippen LogP) is 2.08. The van der Waals surface area contributed by atoms with E-state index in [0.29, 0.717) is 5.22 Å². The summed E-state index contributed by atoms with van der Waals surface area (Å²) in [5, 5.41) is 0.328. The van der Waals surface area contributed by atoms with E-state index < -0.39 is 0 Å². The van der Waals surface area contributed by atoms with Gasteiger partial charge in [-0.1, -0.05) is 0 Å².